The Kier molecular flexibility index (Phi) is 9.30. The smallest absolute Gasteiger partial charge is 0.232 e. The van der Waals surface area contributed by atoms with E-state index in [0.29, 0.717) is 24.0 Å². The standard InChI is InChI=1S/C24H31N9O7S2/c1-13-28-23(27-9-3-8-26-2)31-24(29-13)30-15-5-7-18(20(11-15)42(38,39)40)32-33-22-17(25)6-4-14-10-16(41(35,36)37)12-19(34)21(14)22/h4-7,10-12,26,34-40H,3,8-9,25H2,1-2H3,(H2,27,28,29,30,31). The molecule has 0 aliphatic carbocycles. The van der Waals surface area contributed by atoms with Crippen molar-refractivity contribution in [3.63, 3.8) is 0 Å². The van der Waals surface area contributed by atoms with E-state index in [1.165, 1.54) is 36.4 Å². The van der Waals surface area contributed by atoms with Gasteiger partial charge < -0.3 is 54.1 Å². The number of phenols is 1. The fourth-order valence-corrected chi connectivity index (χ4v) is 5.12. The lowest BCUT2D eigenvalue weighted by atomic mass is 10.1. The molecule has 12 N–H and O–H groups in total. The molecule has 3 aromatic carbocycles. The van der Waals surface area contributed by atoms with Crippen molar-refractivity contribution in [2.45, 2.75) is 23.1 Å². The molecular weight excluding hydrogens is 590 g/mol. The third-order valence-electron chi connectivity index (χ3n) is 5.79. The zero-order chi connectivity index (χ0) is 30.7. The number of nitrogens with zero attached hydrogens (tertiary/aromatic N) is 5. The van der Waals surface area contributed by atoms with E-state index in [1.54, 1.807) is 6.92 Å². The van der Waals surface area contributed by atoms with Crippen LogP contribution >= 0.6 is 21.7 Å². The Morgan fingerprint density at radius 2 is 1.60 bits per heavy atom. The minimum Gasteiger partial charge on any atom is -0.507 e. The predicted octanol–water partition coefficient (Wildman–Crippen LogP) is 5.97. The number of hydrogen-bond acceptors (Lipinski definition) is 16. The van der Waals surface area contributed by atoms with E-state index in [0.717, 1.165) is 19.0 Å². The number of nitrogens with two attached hydrogens (primary N) is 1. The fraction of sp³-hybridized carbons (Fsp3) is 0.208. The van der Waals surface area contributed by atoms with Crippen molar-refractivity contribution in [3.8, 4) is 5.75 Å². The van der Waals surface area contributed by atoms with E-state index in [-0.39, 0.29) is 43.6 Å². The average molecular weight is 622 g/mol. The van der Waals surface area contributed by atoms with Crippen LogP contribution in [0, 0.1) is 6.92 Å². The maximum absolute atomic E-state index is 10.6. The van der Waals surface area contributed by atoms with Crippen molar-refractivity contribution in [2.75, 3.05) is 36.5 Å². The van der Waals surface area contributed by atoms with Crippen LogP contribution in [-0.4, -0.2) is 67.5 Å². The number of aromatic nitrogens is 3. The third-order valence-corrected chi connectivity index (χ3v) is 7.58. The molecule has 0 amide bonds. The maximum atomic E-state index is 10.6. The Morgan fingerprint density at radius 3 is 2.29 bits per heavy atom. The highest BCUT2D eigenvalue weighted by molar-refractivity contribution is 8.19. The summed E-state index contributed by atoms with van der Waals surface area (Å²) >= 11 is 0. The van der Waals surface area contributed by atoms with Crippen molar-refractivity contribution in [1.82, 2.24) is 20.3 Å². The largest absolute Gasteiger partial charge is 0.507 e. The quantitative estimate of drug-likeness (QED) is 0.0523. The predicted molar refractivity (Wildman–Crippen MR) is 163 cm³/mol. The summed E-state index contributed by atoms with van der Waals surface area (Å²) in [5.74, 6) is 0.497. The van der Waals surface area contributed by atoms with Gasteiger partial charge in [0.2, 0.25) is 11.9 Å². The Balaban J connectivity index is 1.67. The van der Waals surface area contributed by atoms with Crippen LogP contribution in [0.25, 0.3) is 10.8 Å². The Bertz CT molecular complexity index is 1630. The van der Waals surface area contributed by atoms with Crippen LogP contribution in [-0.2, 0) is 0 Å². The molecule has 0 saturated heterocycles. The molecule has 0 fully saturated rings. The van der Waals surface area contributed by atoms with Crippen LogP contribution in [0.2, 0.25) is 0 Å². The first-order valence-electron chi connectivity index (χ1n) is 12.3. The van der Waals surface area contributed by atoms with E-state index in [9.17, 15) is 32.4 Å². The molecule has 0 saturated carbocycles. The van der Waals surface area contributed by atoms with E-state index in [2.05, 4.69) is 41.1 Å². The first kappa shape index (κ1) is 31.1. The molecule has 1 heterocycles. The van der Waals surface area contributed by atoms with Crippen LogP contribution in [0.1, 0.15) is 12.2 Å². The SMILES string of the molecule is CNCCCNc1nc(C)nc(Nc2ccc(N=Nc3c(N)ccc4cc(S(O)(O)O)cc(O)c34)c(S(O)(O)O)c2)n1. The van der Waals surface area contributed by atoms with E-state index in [1.807, 2.05) is 7.05 Å². The molecule has 0 radical (unpaired) electrons. The number of nitrogens with one attached hydrogen (secondary N) is 3. The molecule has 226 valence electrons. The number of azo groups is 1. The van der Waals surface area contributed by atoms with Crippen LogP contribution < -0.4 is 21.7 Å². The van der Waals surface area contributed by atoms with Crippen molar-refractivity contribution in [1.29, 1.82) is 0 Å². The average Bonchev–Trinajstić information content (AvgIpc) is 2.90. The third kappa shape index (κ3) is 7.50. The molecule has 4 rings (SSSR count). The highest BCUT2D eigenvalue weighted by Crippen LogP contribution is 2.51. The molecule has 1 aromatic heterocycles. The van der Waals surface area contributed by atoms with Gasteiger partial charge in [-0.05, 0) is 68.7 Å². The monoisotopic (exact) mass is 621 g/mol. The summed E-state index contributed by atoms with van der Waals surface area (Å²) in [6.07, 6.45) is 0.846. The molecule has 0 unspecified atom stereocenters. The minimum atomic E-state index is -4.30. The second kappa shape index (κ2) is 12.6. The topological polar surface area (TPSA) is 267 Å². The Hall–Kier alpha value is -3.85. The van der Waals surface area contributed by atoms with Gasteiger partial charge in [-0.3, -0.25) is 0 Å². The number of hydrogen-bond donors (Lipinski definition) is 11. The van der Waals surface area contributed by atoms with Crippen LogP contribution in [0.3, 0.4) is 0 Å². The highest BCUT2D eigenvalue weighted by Gasteiger charge is 2.23. The van der Waals surface area contributed by atoms with Crippen LogP contribution in [0.5, 0.6) is 5.75 Å². The number of phenolic OH excluding ortho intramolecular Hbond substituents is 1. The second-order valence-electron chi connectivity index (χ2n) is 9.00. The normalized spacial score (nSPS) is 13.0. The lowest BCUT2D eigenvalue weighted by Crippen LogP contribution is -2.15. The maximum Gasteiger partial charge on any atom is 0.232 e. The summed E-state index contributed by atoms with van der Waals surface area (Å²) in [7, 11) is -6.54. The summed E-state index contributed by atoms with van der Waals surface area (Å²) in [6, 6.07) is 9.22. The summed E-state index contributed by atoms with van der Waals surface area (Å²) in [4.78, 5) is 12.1. The molecule has 0 aliphatic heterocycles. The van der Waals surface area contributed by atoms with Gasteiger partial charge in [0.15, 0.2) is 0 Å². The van der Waals surface area contributed by atoms with Gasteiger partial charge in [-0.2, -0.15) is 15.0 Å². The van der Waals surface area contributed by atoms with E-state index >= 15 is 0 Å². The fourth-order valence-electron chi connectivity index (χ4n) is 3.89. The molecule has 0 atom stereocenters. The summed E-state index contributed by atoms with van der Waals surface area (Å²) < 4.78 is 59.1. The van der Waals surface area contributed by atoms with Gasteiger partial charge in [-0.1, -0.05) is 6.07 Å². The number of fused-ring (bicyclic) bond motifs is 1. The molecule has 16 nitrogen and oxygen atoms in total. The van der Waals surface area contributed by atoms with Gasteiger partial charge in [-0.25, -0.2) is 0 Å². The number of aryl methyl sites for hydroxylation is 1. The zero-order valence-corrected chi connectivity index (χ0v) is 24.1. The molecule has 4 aromatic rings. The molecule has 42 heavy (non-hydrogen) atoms. The first-order chi connectivity index (χ1) is 19.8. The number of aromatic hydroxyl groups is 1. The number of anilines is 4. The van der Waals surface area contributed by atoms with Crippen molar-refractivity contribution in [2.24, 2.45) is 10.2 Å². The van der Waals surface area contributed by atoms with Crippen LogP contribution in [0.15, 0.2) is 62.5 Å². The van der Waals surface area contributed by atoms with Crippen LogP contribution in [0.4, 0.5) is 34.6 Å². The zero-order valence-electron chi connectivity index (χ0n) is 22.4. The van der Waals surface area contributed by atoms with Crippen molar-refractivity contribution >= 4 is 67.2 Å². The minimum absolute atomic E-state index is 0.0241. The van der Waals surface area contributed by atoms with E-state index in [4.69, 9.17) is 5.73 Å². The molecular formula is C24H31N9O7S2. The van der Waals surface area contributed by atoms with Gasteiger partial charge >= 0.3 is 0 Å². The van der Waals surface area contributed by atoms with Crippen molar-refractivity contribution < 1.29 is 32.4 Å². The molecule has 0 spiro atoms. The summed E-state index contributed by atoms with van der Waals surface area (Å²) in [6.45, 7) is 3.14. The summed E-state index contributed by atoms with van der Waals surface area (Å²) in [5.41, 5.74) is 6.29. The van der Waals surface area contributed by atoms with Gasteiger partial charge in [0, 0.05) is 12.2 Å². The number of rotatable bonds is 11. The van der Waals surface area contributed by atoms with Gasteiger partial charge in [-0.15, -0.1) is 10.2 Å². The first-order valence-corrected chi connectivity index (χ1v) is 15.3. The lowest BCUT2D eigenvalue weighted by Gasteiger charge is -2.21. The van der Waals surface area contributed by atoms with Gasteiger partial charge in [0.1, 0.15) is 44.7 Å². The Labute approximate surface area is 243 Å². The lowest BCUT2D eigenvalue weighted by molar-refractivity contribution is 0.373. The second-order valence-corrected chi connectivity index (χ2v) is 12.0. The van der Waals surface area contributed by atoms with Gasteiger partial charge in [0.05, 0.1) is 20.9 Å². The van der Waals surface area contributed by atoms with E-state index < -0.39 is 27.5 Å². The Morgan fingerprint density at radius 1 is 0.857 bits per heavy atom. The summed E-state index contributed by atoms with van der Waals surface area (Å²) in [5, 5.41) is 28.1. The highest BCUT2D eigenvalue weighted by atomic mass is 32.3. The molecule has 0 bridgehead atoms. The van der Waals surface area contributed by atoms with Gasteiger partial charge in [0.25, 0.3) is 0 Å². The molecule has 0 aliphatic rings. The number of benzene rings is 3. The van der Waals surface area contributed by atoms with Crippen molar-refractivity contribution in [3.05, 3.63) is 48.3 Å². The number of nitrogen functional groups attached to an aromatic ring is 1. The molecule has 18 heteroatoms.